The summed E-state index contributed by atoms with van der Waals surface area (Å²) >= 11 is 0. The Bertz CT molecular complexity index is 360. The van der Waals surface area contributed by atoms with E-state index < -0.39 is 11.8 Å². The number of carbonyl (C=O) groups is 2. The molecule has 3 N–H and O–H groups in total. The van der Waals surface area contributed by atoms with Crippen LogP contribution in [0.4, 0.5) is 0 Å². The first kappa shape index (κ1) is 9.91. The molecule has 0 bridgehead atoms. The van der Waals surface area contributed by atoms with Gasteiger partial charge in [-0.3, -0.25) is 9.59 Å². The highest BCUT2D eigenvalue weighted by molar-refractivity contribution is 6.34. The number of hydrazone groups is 1. The Labute approximate surface area is 80.6 Å². The molecule has 0 atom stereocenters. The van der Waals surface area contributed by atoms with E-state index >= 15 is 0 Å². The second-order valence-corrected chi connectivity index (χ2v) is 2.47. The quantitative estimate of drug-likeness (QED) is 0.379. The zero-order valence-corrected chi connectivity index (χ0v) is 7.31. The van der Waals surface area contributed by atoms with Crippen molar-refractivity contribution in [2.24, 2.45) is 10.8 Å². The number of nitrogens with zero attached hydrogens (tertiary/aromatic N) is 1. The molecule has 1 rings (SSSR count). The number of primary amides is 1. The van der Waals surface area contributed by atoms with Gasteiger partial charge >= 0.3 is 11.8 Å². The molecule has 72 valence electrons. The van der Waals surface area contributed by atoms with Crippen LogP contribution in [-0.2, 0) is 9.59 Å². The lowest BCUT2D eigenvalue weighted by Crippen LogP contribution is -2.32. The minimum Gasteiger partial charge on any atom is -0.361 e. The molecule has 5 heteroatoms. The minimum absolute atomic E-state index is 0.817. The van der Waals surface area contributed by atoms with Gasteiger partial charge < -0.3 is 5.73 Å². The lowest BCUT2D eigenvalue weighted by Gasteiger charge is -1.93. The third kappa shape index (κ3) is 3.06. The zero-order valence-electron chi connectivity index (χ0n) is 7.31. The molecule has 5 nitrogen and oxygen atoms in total. The van der Waals surface area contributed by atoms with Crippen molar-refractivity contribution in [1.82, 2.24) is 5.43 Å². The molecule has 0 saturated heterocycles. The fourth-order valence-electron chi connectivity index (χ4n) is 0.760. The normalized spacial score (nSPS) is 10.0. The van der Waals surface area contributed by atoms with E-state index in [1.54, 1.807) is 12.1 Å². The molecule has 1 aromatic rings. The van der Waals surface area contributed by atoms with Crippen molar-refractivity contribution in [2.45, 2.75) is 0 Å². The van der Waals surface area contributed by atoms with Crippen LogP contribution >= 0.6 is 0 Å². The van der Waals surface area contributed by atoms with Crippen LogP contribution in [0.15, 0.2) is 35.4 Å². The molecule has 0 radical (unpaired) electrons. The van der Waals surface area contributed by atoms with Crippen molar-refractivity contribution in [3.63, 3.8) is 0 Å². The summed E-state index contributed by atoms with van der Waals surface area (Å²) in [6, 6.07) is 9.13. The van der Waals surface area contributed by atoms with Crippen molar-refractivity contribution in [3.8, 4) is 0 Å². The predicted octanol–water partition coefficient (Wildman–Crippen LogP) is -0.378. The number of benzene rings is 1. The van der Waals surface area contributed by atoms with Crippen LogP contribution in [0.3, 0.4) is 0 Å². The van der Waals surface area contributed by atoms with Gasteiger partial charge in [0.1, 0.15) is 0 Å². The first-order valence-corrected chi connectivity index (χ1v) is 3.88. The van der Waals surface area contributed by atoms with E-state index in [1.165, 1.54) is 6.21 Å². The van der Waals surface area contributed by atoms with Crippen molar-refractivity contribution < 1.29 is 9.59 Å². The van der Waals surface area contributed by atoms with Gasteiger partial charge in [0, 0.05) is 0 Å². The zero-order chi connectivity index (χ0) is 10.4. The van der Waals surface area contributed by atoms with Gasteiger partial charge in [-0.1, -0.05) is 30.3 Å². The van der Waals surface area contributed by atoms with E-state index in [-0.39, 0.29) is 0 Å². The van der Waals surface area contributed by atoms with Crippen LogP contribution < -0.4 is 11.2 Å². The highest BCUT2D eigenvalue weighted by Crippen LogP contribution is 1.92. The Kier molecular flexibility index (Phi) is 3.37. The number of rotatable bonds is 2. The van der Waals surface area contributed by atoms with Gasteiger partial charge in [-0.05, 0) is 5.56 Å². The minimum atomic E-state index is -1.06. The molecule has 0 fully saturated rings. The second-order valence-electron chi connectivity index (χ2n) is 2.47. The number of nitrogens with two attached hydrogens (primary N) is 1. The van der Waals surface area contributed by atoms with Crippen LogP contribution in [0.5, 0.6) is 0 Å². The van der Waals surface area contributed by atoms with Crippen molar-refractivity contribution in [2.75, 3.05) is 0 Å². The SMILES string of the molecule is NC(=O)C(=O)NN=Cc1ccccc1. The second kappa shape index (κ2) is 4.76. The molecule has 14 heavy (non-hydrogen) atoms. The fourth-order valence-corrected chi connectivity index (χ4v) is 0.760. The summed E-state index contributed by atoms with van der Waals surface area (Å²) in [4.78, 5) is 20.9. The summed E-state index contributed by atoms with van der Waals surface area (Å²) in [5, 5.41) is 3.54. The van der Waals surface area contributed by atoms with E-state index in [9.17, 15) is 9.59 Å². The van der Waals surface area contributed by atoms with E-state index in [0.29, 0.717) is 0 Å². The summed E-state index contributed by atoms with van der Waals surface area (Å²) in [5.74, 6) is -1.99. The van der Waals surface area contributed by atoms with Crippen LogP contribution in [0.25, 0.3) is 0 Å². The predicted molar refractivity (Wildman–Crippen MR) is 51.4 cm³/mol. The van der Waals surface area contributed by atoms with Gasteiger partial charge in [0.25, 0.3) is 0 Å². The molecule has 0 saturated carbocycles. The summed E-state index contributed by atoms with van der Waals surface area (Å²) in [6.45, 7) is 0. The third-order valence-electron chi connectivity index (χ3n) is 1.40. The van der Waals surface area contributed by atoms with Gasteiger partial charge in [-0.25, -0.2) is 5.43 Å². The molecule has 0 aromatic heterocycles. The van der Waals surface area contributed by atoms with E-state index in [0.717, 1.165) is 5.56 Å². The van der Waals surface area contributed by atoms with Crippen LogP contribution in [0.2, 0.25) is 0 Å². The van der Waals surface area contributed by atoms with Crippen molar-refractivity contribution in [1.29, 1.82) is 0 Å². The number of hydrogen-bond acceptors (Lipinski definition) is 3. The average Bonchev–Trinajstić information content (AvgIpc) is 2.19. The number of amides is 2. The monoisotopic (exact) mass is 191 g/mol. The number of hydrogen-bond donors (Lipinski definition) is 2. The molecule has 0 aliphatic carbocycles. The summed E-state index contributed by atoms with van der Waals surface area (Å²) in [7, 11) is 0. The molecule has 0 spiro atoms. The Morgan fingerprint density at radius 1 is 1.29 bits per heavy atom. The maximum Gasteiger partial charge on any atom is 0.329 e. The number of carbonyl (C=O) groups excluding carboxylic acids is 2. The molecule has 0 heterocycles. The van der Waals surface area contributed by atoms with E-state index in [1.807, 2.05) is 23.6 Å². The lowest BCUT2D eigenvalue weighted by molar-refractivity contribution is -0.137. The summed E-state index contributed by atoms with van der Waals surface area (Å²) in [5.41, 5.74) is 7.49. The van der Waals surface area contributed by atoms with Crippen LogP contribution in [0, 0.1) is 0 Å². The molecule has 2 amide bonds. The van der Waals surface area contributed by atoms with Gasteiger partial charge in [0.15, 0.2) is 0 Å². The van der Waals surface area contributed by atoms with Crippen LogP contribution in [0.1, 0.15) is 5.56 Å². The molecular formula is C9H9N3O2. The molecule has 1 aromatic carbocycles. The van der Waals surface area contributed by atoms with Gasteiger partial charge in [-0.2, -0.15) is 5.10 Å². The van der Waals surface area contributed by atoms with Gasteiger partial charge in [0.05, 0.1) is 6.21 Å². The largest absolute Gasteiger partial charge is 0.361 e. The first-order valence-electron chi connectivity index (χ1n) is 3.88. The van der Waals surface area contributed by atoms with E-state index in [2.05, 4.69) is 5.10 Å². The Balaban J connectivity index is 2.50. The standard InChI is InChI=1S/C9H9N3O2/c10-8(13)9(14)12-11-6-7-4-2-1-3-5-7/h1-6H,(H2,10,13)(H,12,14). The van der Waals surface area contributed by atoms with E-state index in [4.69, 9.17) is 5.73 Å². The molecule has 0 aliphatic rings. The first-order chi connectivity index (χ1) is 6.70. The maximum atomic E-state index is 10.6. The lowest BCUT2D eigenvalue weighted by atomic mass is 10.2. The highest BCUT2D eigenvalue weighted by Gasteiger charge is 2.04. The molecular weight excluding hydrogens is 182 g/mol. The Morgan fingerprint density at radius 2 is 1.93 bits per heavy atom. The fraction of sp³-hybridized carbons (Fsp3) is 0. The Morgan fingerprint density at radius 3 is 2.50 bits per heavy atom. The topological polar surface area (TPSA) is 84.5 Å². The average molecular weight is 191 g/mol. The highest BCUT2D eigenvalue weighted by atomic mass is 16.2. The van der Waals surface area contributed by atoms with Crippen LogP contribution in [-0.4, -0.2) is 18.0 Å². The van der Waals surface area contributed by atoms with Crippen molar-refractivity contribution >= 4 is 18.0 Å². The molecule has 0 unspecified atom stereocenters. The third-order valence-corrected chi connectivity index (χ3v) is 1.40. The summed E-state index contributed by atoms with van der Waals surface area (Å²) in [6.07, 6.45) is 1.42. The summed E-state index contributed by atoms with van der Waals surface area (Å²) < 4.78 is 0. The van der Waals surface area contributed by atoms with Gasteiger partial charge in [-0.15, -0.1) is 0 Å². The van der Waals surface area contributed by atoms with Gasteiger partial charge in [0.2, 0.25) is 0 Å². The van der Waals surface area contributed by atoms with Crippen molar-refractivity contribution in [3.05, 3.63) is 35.9 Å². The smallest absolute Gasteiger partial charge is 0.329 e. The Hall–Kier alpha value is -2.17. The number of nitrogens with one attached hydrogen (secondary N) is 1. The maximum absolute atomic E-state index is 10.6. The molecule has 0 aliphatic heterocycles.